The molecule has 0 bridgehead atoms. The highest BCUT2D eigenvalue weighted by Crippen LogP contribution is 2.24. The Morgan fingerprint density at radius 2 is 1.17 bits per heavy atom. The van der Waals surface area contributed by atoms with E-state index in [9.17, 15) is 9.59 Å². The van der Waals surface area contributed by atoms with Crippen molar-refractivity contribution in [2.45, 2.75) is 25.4 Å². The molecule has 5 nitrogen and oxygen atoms in total. The molecule has 0 aromatic heterocycles. The number of hydrogen-bond acceptors (Lipinski definition) is 3. The van der Waals surface area contributed by atoms with E-state index < -0.39 is 17.9 Å². The fraction of sp³-hybridized carbons (Fsp3) is 0.167. The lowest BCUT2D eigenvalue weighted by molar-refractivity contribution is -0.133. The first-order chi connectivity index (χ1) is 14.2. The minimum Gasteiger partial charge on any atom is -0.481 e. The van der Waals surface area contributed by atoms with Crippen LogP contribution in [-0.2, 0) is 9.59 Å². The third-order valence-electron chi connectivity index (χ3n) is 4.52. The standard InChI is InChI=1S/C24H24N2O3/c1-2-21(29-20-16-10-5-11-17-20)23(27)25-26-24(28)22(18-12-6-3-7-13-18)19-14-8-4-9-15-19/h3-17,21-22H,2H2,1H3,(H,25,27)(H,26,28). The van der Waals surface area contributed by atoms with Crippen molar-refractivity contribution < 1.29 is 14.3 Å². The Hall–Kier alpha value is -3.60. The van der Waals surface area contributed by atoms with Crippen LogP contribution >= 0.6 is 0 Å². The summed E-state index contributed by atoms with van der Waals surface area (Å²) in [5.41, 5.74) is 6.76. The van der Waals surface area contributed by atoms with E-state index in [1.807, 2.05) is 85.8 Å². The molecule has 2 amide bonds. The SMILES string of the molecule is CCC(Oc1ccccc1)C(=O)NNC(=O)C(c1ccccc1)c1ccccc1. The van der Waals surface area contributed by atoms with Gasteiger partial charge in [0, 0.05) is 0 Å². The van der Waals surface area contributed by atoms with Crippen LogP contribution in [0.25, 0.3) is 0 Å². The lowest BCUT2D eigenvalue weighted by Crippen LogP contribution is -2.49. The van der Waals surface area contributed by atoms with Gasteiger partial charge in [0.25, 0.3) is 5.91 Å². The summed E-state index contributed by atoms with van der Waals surface area (Å²) < 4.78 is 5.72. The number of amides is 2. The molecule has 0 aliphatic rings. The molecule has 2 N–H and O–H groups in total. The second kappa shape index (κ2) is 10.1. The average Bonchev–Trinajstić information content (AvgIpc) is 2.78. The summed E-state index contributed by atoms with van der Waals surface area (Å²) in [6, 6.07) is 28.1. The molecular formula is C24H24N2O3. The van der Waals surface area contributed by atoms with Crippen LogP contribution in [-0.4, -0.2) is 17.9 Å². The minimum absolute atomic E-state index is 0.315. The van der Waals surface area contributed by atoms with Crippen molar-refractivity contribution in [1.29, 1.82) is 0 Å². The number of ether oxygens (including phenoxy) is 1. The molecule has 3 aromatic rings. The number of carbonyl (C=O) groups is 2. The fourth-order valence-corrected chi connectivity index (χ4v) is 3.05. The highest BCUT2D eigenvalue weighted by atomic mass is 16.5. The molecular weight excluding hydrogens is 364 g/mol. The number of hydrazine groups is 1. The zero-order chi connectivity index (χ0) is 20.5. The molecule has 1 atom stereocenters. The first-order valence-electron chi connectivity index (χ1n) is 9.60. The van der Waals surface area contributed by atoms with Crippen LogP contribution in [0.4, 0.5) is 0 Å². The van der Waals surface area contributed by atoms with E-state index >= 15 is 0 Å². The third-order valence-corrected chi connectivity index (χ3v) is 4.52. The Balaban J connectivity index is 1.68. The fourth-order valence-electron chi connectivity index (χ4n) is 3.05. The Morgan fingerprint density at radius 3 is 1.66 bits per heavy atom. The van der Waals surface area contributed by atoms with Gasteiger partial charge in [-0.25, -0.2) is 0 Å². The molecule has 0 fully saturated rings. The van der Waals surface area contributed by atoms with Gasteiger partial charge in [0.15, 0.2) is 6.10 Å². The summed E-state index contributed by atoms with van der Waals surface area (Å²) in [5.74, 6) is -0.644. The number of nitrogens with one attached hydrogen (secondary N) is 2. The molecule has 0 saturated heterocycles. The molecule has 0 heterocycles. The minimum atomic E-state index is -0.704. The van der Waals surface area contributed by atoms with Gasteiger partial charge in [0.1, 0.15) is 5.75 Å². The van der Waals surface area contributed by atoms with E-state index in [4.69, 9.17) is 4.74 Å². The molecule has 0 radical (unpaired) electrons. The van der Waals surface area contributed by atoms with Crippen molar-refractivity contribution >= 4 is 11.8 Å². The first-order valence-corrected chi connectivity index (χ1v) is 9.60. The second-order valence-electron chi connectivity index (χ2n) is 6.56. The topological polar surface area (TPSA) is 67.4 Å². The van der Waals surface area contributed by atoms with Gasteiger partial charge < -0.3 is 4.74 Å². The average molecular weight is 388 g/mol. The van der Waals surface area contributed by atoms with Crippen molar-refractivity contribution in [3.8, 4) is 5.75 Å². The molecule has 3 aromatic carbocycles. The van der Waals surface area contributed by atoms with E-state index in [-0.39, 0.29) is 5.91 Å². The van der Waals surface area contributed by atoms with Gasteiger partial charge in [0.05, 0.1) is 5.92 Å². The highest BCUT2D eigenvalue weighted by molar-refractivity contribution is 5.90. The normalized spacial score (nSPS) is 11.5. The number of benzene rings is 3. The Labute approximate surface area is 170 Å². The van der Waals surface area contributed by atoms with E-state index in [2.05, 4.69) is 10.9 Å². The van der Waals surface area contributed by atoms with Gasteiger partial charge in [-0.2, -0.15) is 0 Å². The monoisotopic (exact) mass is 388 g/mol. The van der Waals surface area contributed by atoms with E-state index in [1.165, 1.54) is 0 Å². The Kier molecular flexibility index (Phi) is 7.00. The lowest BCUT2D eigenvalue weighted by atomic mass is 9.91. The van der Waals surface area contributed by atoms with E-state index in [0.29, 0.717) is 12.2 Å². The summed E-state index contributed by atoms with van der Waals surface area (Å²) in [6.45, 7) is 1.85. The van der Waals surface area contributed by atoms with Crippen molar-refractivity contribution in [3.63, 3.8) is 0 Å². The lowest BCUT2D eigenvalue weighted by Gasteiger charge is -2.20. The summed E-state index contributed by atoms with van der Waals surface area (Å²) in [5, 5.41) is 0. The summed E-state index contributed by atoms with van der Waals surface area (Å²) in [7, 11) is 0. The largest absolute Gasteiger partial charge is 0.481 e. The van der Waals surface area contributed by atoms with Crippen LogP contribution in [0.1, 0.15) is 30.4 Å². The molecule has 29 heavy (non-hydrogen) atoms. The van der Waals surface area contributed by atoms with Crippen LogP contribution in [0.15, 0.2) is 91.0 Å². The number of para-hydroxylation sites is 1. The smallest absolute Gasteiger partial charge is 0.279 e. The van der Waals surface area contributed by atoms with Gasteiger partial charge in [-0.1, -0.05) is 85.8 Å². The molecule has 0 aliphatic carbocycles. The van der Waals surface area contributed by atoms with Crippen LogP contribution in [0.5, 0.6) is 5.75 Å². The number of hydrogen-bond donors (Lipinski definition) is 2. The first kappa shape index (κ1) is 20.1. The van der Waals surface area contributed by atoms with E-state index in [1.54, 1.807) is 12.1 Å². The van der Waals surface area contributed by atoms with Crippen LogP contribution in [0.2, 0.25) is 0 Å². The van der Waals surface area contributed by atoms with E-state index in [0.717, 1.165) is 11.1 Å². The van der Waals surface area contributed by atoms with Crippen molar-refractivity contribution in [2.75, 3.05) is 0 Å². The highest BCUT2D eigenvalue weighted by Gasteiger charge is 2.24. The predicted molar refractivity (Wildman–Crippen MR) is 112 cm³/mol. The molecule has 148 valence electrons. The Morgan fingerprint density at radius 1 is 0.724 bits per heavy atom. The molecule has 3 rings (SSSR count). The molecule has 0 aliphatic heterocycles. The van der Waals surface area contributed by atoms with Gasteiger partial charge in [-0.05, 0) is 29.7 Å². The third kappa shape index (κ3) is 5.45. The number of carbonyl (C=O) groups excluding carboxylic acids is 2. The summed E-state index contributed by atoms with van der Waals surface area (Å²) >= 11 is 0. The zero-order valence-electron chi connectivity index (χ0n) is 16.2. The summed E-state index contributed by atoms with van der Waals surface area (Å²) in [4.78, 5) is 25.5. The molecule has 1 unspecified atom stereocenters. The van der Waals surface area contributed by atoms with Crippen molar-refractivity contribution in [3.05, 3.63) is 102 Å². The number of rotatable bonds is 7. The van der Waals surface area contributed by atoms with Crippen molar-refractivity contribution in [2.24, 2.45) is 0 Å². The molecule has 5 heteroatoms. The maximum Gasteiger partial charge on any atom is 0.279 e. The van der Waals surface area contributed by atoms with Crippen LogP contribution < -0.4 is 15.6 Å². The second-order valence-corrected chi connectivity index (χ2v) is 6.56. The summed E-state index contributed by atoms with van der Waals surface area (Å²) in [6.07, 6.45) is -0.234. The van der Waals surface area contributed by atoms with Gasteiger partial charge in [-0.15, -0.1) is 0 Å². The maximum absolute atomic E-state index is 13.0. The van der Waals surface area contributed by atoms with Gasteiger partial charge in [0.2, 0.25) is 5.91 Å². The predicted octanol–water partition coefficient (Wildman–Crippen LogP) is 3.82. The zero-order valence-corrected chi connectivity index (χ0v) is 16.2. The molecule has 0 spiro atoms. The van der Waals surface area contributed by atoms with Gasteiger partial charge in [-0.3, -0.25) is 20.4 Å². The maximum atomic E-state index is 13.0. The van der Waals surface area contributed by atoms with Crippen LogP contribution in [0, 0.1) is 0 Å². The van der Waals surface area contributed by atoms with Crippen LogP contribution in [0.3, 0.4) is 0 Å². The van der Waals surface area contributed by atoms with Gasteiger partial charge >= 0.3 is 0 Å². The Bertz CT molecular complexity index is 875. The quantitative estimate of drug-likeness (QED) is 0.605. The molecule has 0 saturated carbocycles. The van der Waals surface area contributed by atoms with Crippen molar-refractivity contribution in [1.82, 2.24) is 10.9 Å².